The lowest BCUT2D eigenvalue weighted by molar-refractivity contribution is -0.483. The average Bonchev–Trinajstić information content (AvgIpc) is 2.88. The summed E-state index contributed by atoms with van der Waals surface area (Å²) in [5.41, 5.74) is 5.18. The molecule has 196 valence electrons. The van der Waals surface area contributed by atoms with E-state index in [1.165, 1.54) is 11.1 Å². The molecule has 0 bridgehead atoms. The van der Waals surface area contributed by atoms with Crippen molar-refractivity contribution in [3.8, 4) is 0 Å². The first-order valence-electron chi connectivity index (χ1n) is 12.8. The van der Waals surface area contributed by atoms with Gasteiger partial charge in [-0.3, -0.25) is 15.1 Å². The lowest BCUT2D eigenvalue weighted by atomic mass is 9.87. The molecule has 0 saturated carbocycles. The molecule has 0 fully saturated rings. The number of nitrogens with two attached hydrogens (primary N) is 1. The van der Waals surface area contributed by atoms with Gasteiger partial charge >= 0.3 is 0 Å². The molecule has 1 aliphatic carbocycles. The highest BCUT2D eigenvalue weighted by molar-refractivity contribution is 5.97. The van der Waals surface area contributed by atoms with Gasteiger partial charge in [0.1, 0.15) is 11.3 Å². The van der Waals surface area contributed by atoms with Gasteiger partial charge in [-0.25, -0.2) is 4.98 Å². The molecule has 2 heterocycles. The predicted molar refractivity (Wildman–Crippen MR) is 145 cm³/mol. The van der Waals surface area contributed by atoms with Crippen LogP contribution in [0.4, 0.5) is 23.1 Å². The summed E-state index contributed by atoms with van der Waals surface area (Å²) >= 11 is 0. The number of rotatable bonds is 9. The second-order valence-corrected chi connectivity index (χ2v) is 10.5. The molecule has 37 heavy (non-hydrogen) atoms. The number of aromatic nitrogens is 3. The SMILES string of the molecule is CCNC(=O)c1cnc(Nc2ccc3c(c2)CCC(N(C)C)C3)nc1[NH2+]c1ccnc(C(C)(C)CO)c1. The number of quaternary nitrogens is 1. The molecule has 5 N–H and O–H groups in total. The summed E-state index contributed by atoms with van der Waals surface area (Å²) in [5.74, 6) is 0.704. The van der Waals surface area contributed by atoms with Crippen LogP contribution in [0, 0.1) is 0 Å². The molecule has 9 nitrogen and oxygen atoms in total. The van der Waals surface area contributed by atoms with Crippen molar-refractivity contribution in [2.24, 2.45) is 0 Å². The van der Waals surface area contributed by atoms with Crippen LogP contribution in [0.15, 0.2) is 42.7 Å². The van der Waals surface area contributed by atoms with Crippen LogP contribution in [-0.4, -0.2) is 64.2 Å². The topological polar surface area (TPSA) is 120 Å². The fourth-order valence-electron chi connectivity index (χ4n) is 4.53. The van der Waals surface area contributed by atoms with Gasteiger partial charge in [0.05, 0.1) is 18.5 Å². The zero-order valence-corrected chi connectivity index (χ0v) is 22.4. The monoisotopic (exact) mass is 504 g/mol. The number of nitrogens with one attached hydrogen (secondary N) is 2. The van der Waals surface area contributed by atoms with Crippen molar-refractivity contribution < 1.29 is 15.2 Å². The number of carbonyl (C=O) groups excluding carboxylic acids is 1. The molecule has 0 aliphatic heterocycles. The number of likely N-dealkylation sites (N-methyl/N-ethyl adjacent to an activating group) is 1. The number of aryl methyl sites for hydroxylation is 1. The minimum Gasteiger partial charge on any atom is -0.395 e. The maximum absolute atomic E-state index is 12.8. The third kappa shape index (κ3) is 6.30. The van der Waals surface area contributed by atoms with Gasteiger partial charge in [0.15, 0.2) is 0 Å². The molecule has 4 rings (SSSR count). The Kier molecular flexibility index (Phi) is 8.16. The van der Waals surface area contributed by atoms with E-state index in [2.05, 4.69) is 57.8 Å². The fraction of sp³-hybridized carbons (Fsp3) is 0.429. The quantitative estimate of drug-likeness (QED) is 0.354. The zero-order chi connectivity index (χ0) is 26.6. The van der Waals surface area contributed by atoms with E-state index in [-0.39, 0.29) is 12.5 Å². The first kappa shape index (κ1) is 26.7. The molecule has 1 unspecified atom stereocenters. The summed E-state index contributed by atoms with van der Waals surface area (Å²) in [6.07, 6.45) is 6.50. The molecule has 1 amide bonds. The van der Waals surface area contributed by atoms with Crippen LogP contribution in [0.2, 0.25) is 0 Å². The van der Waals surface area contributed by atoms with Gasteiger partial charge in [-0.1, -0.05) is 19.9 Å². The molecule has 3 aromatic rings. The smallest absolute Gasteiger partial charge is 0.260 e. The van der Waals surface area contributed by atoms with Gasteiger partial charge < -0.3 is 20.6 Å². The Bertz CT molecular complexity index is 1260. The molecule has 0 spiro atoms. The van der Waals surface area contributed by atoms with Gasteiger partial charge in [0, 0.05) is 42.0 Å². The molecule has 2 aromatic heterocycles. The Morgan fingerprint density at radius 1 is 1.19 bits per heavy atom. The van der Waals surface area contributed by atoms with Gasteiger partial charge in [0.2, 0.25) is 11.8 Å². The van der Waals surface area contributed by atoms with E-state index in [0.29, 0.717) is 29.9 Å². The van der Waals surface area contributed by atoms with Crippen LogP contribution in [0.3, 0.4) is 0 Å². The van der Waals surface area contributed by atoms with Gasteiger partial charge in [-0.2, -0.15) is 4.98 Å². The number of hydrogen-bond donors (Lipinski definition) is 4. The van der Waals surface area contributed by atoms with Crippen LogP contribution in [-0.2, 0) is 18.3 Å². The molecular formula is C28H38N7O2+. The largest absolute Gasteiger partial charge is 0.395 e. The van der Waals surface area contributed by atoms with Crippen LogP contribution in [0.1, 0.15) is 54.4 Å². The first-order valence-corrected chi connectivity index (χ1v) is 12.8. The number of carbonyl (C=O) groups is 1. The van der Waals surface area contributed by atoms with Crippen molar-refractivity contribution >= 4 is 29.0 Å². The van der Waals surface area contributed by atoms with Crippen molar-refractivity contribution in [1.29, 1.82) is 0 Å². The number of amides is 1. The van der Waals surface area contributed by atoms with E-state index in [1.54, 1.807) is 12.4 Å². The summed E-state index contributed by atoms with van der Waals surface area (Å²) in [4.78, 5) is 28.6. The number of pyridine rings is 1. The number of hydrogen-bond acceptors (Lipinski definition) is 7. The Hall–Kier alpha value is -3.40. The van der Waals surface area contributed by atoms with Gasteiger partial charge in [-0.05, 0) is 63.5 Å². The van der Waals surface area contributed by atoms with E-state index in [1.807, 2.05) is 38.2 Å². The number of fused-ring (bicyclic) bond motifs is 1. The van der Waals surface area contributed by atoms with E-state index < -0.39 is 5.41 Å². The maximum Gasteiger partial charge on any atom is 0.260 e. The summed E-state index contributed by atoms with van der Waals surface area (Å²) in [5, 5.41) is 17.8. The highest BCUT2D eigenvalue weighted by Crippen LogP contribution is 2.27. The second kappa shape index (κ2) is 11.3. The number of aliphatic hydroxyl groups excluding tert-OH is 1. The molecule has 9 heteroatoms. The summed E-state index contributed by atoms with van der Waals surface area (Å²) in [6, 6.07) is 10.8. The molecule has 1 aliphatic rings. The lowest BCUT2D eigenvalue weighted by Gasteiger charge is -2.30. The normalized spacial score (nSPS) is 15.4. The zero-order valence-electron chi connectivity index (χ0n) is 22.4. The summed E-state index contributed by atoms with van der Waals surface area (Å²) in [6.45, 7) is 6.23. The van der Waals surface area contributed by atoms with Crippen molar-refractivity contribution in [2.45, 2.75) is 51.5 Å². The van der Waals surface area contributed by atoms with E-state index >= 15 is 0 Å². The fourth-order valence-corrected chi connectivity index (χ4v) is 4.53. The van der Waals surface area contributed by atoms with Gasteiger partial charge in [0.25, 0.3) is 5.91 Å². The van der Waals surface area contributed by atoms with E-state index in [9.17, 15) is 9.90 Å². The third-order valence-corrected chi connectivity index (χ3v) is 6.97. The predicted octanol–water partition coefficient (Wildman–Crippen LogP) is 2.58. The van der Waals surface area contributed by atoms with Gasteiger partial charge in [-0.15, -0.1) is 0 Å². The Morgan fingerprint density at radius 2 is 2.00 bits per heavy atom. The van der Waals surface area contributed by atoms with E-state index in [4.69, 9.17) is 4.98 Å². The Balaban J connectivity index is 1.61. The lowest BCUT2D eigenvalue weighted by Crippen LogP contribution is -2.72. The molecule has 0 radical (unpaired) electrons. The standard InChI is InChI=1S/C28H37N7O2/c1-6-29-26(37)23-16-31-27(33-20-9-7-19-14-22(35(4)5)10-8-18(19)13-20)34-25(23)32-21-11-12-30-24(15-21)28(2,3)17-36/h7,9,11-13,15-16,22,36H,6,8,10,14,17H2,1-5H3,(H,29,37)(H2,30,31,32,33,34)/p+1. The van der Waals surface area contributed by atoms with E-state index in [0.717, 1.165) is 36.3 Å². The average molecular weight is 505 g/mol. The van der Waals surface area contributed by atoms with Crippen LogP contribution in [0.5, 0.6) is 0 Å². The molecule has 1 aromatic carbocycles. The van der Waals surface area contributed by atoms with Crippen LogP contribution in [0.25, 0.3) is 0 Å². The summed E-state index contributed by atoms with van der Waals surface area (Å²) < 4.78 is 0. The first-order chi connectivity index (χ1) is 17.7. The highest BCUT2D eigenvalue weighted by Gasteiger charge is 2.24. The van der Waals surface area contributed by atoms with Crippen molar-refractivity contribution in [2.75, 3.05) is 32.6 Å². The maximum atomic E-state index is 12.8. The third-order valence-electron chi connectivity index (χ3n) is 6.97. The van der Waals surface area contributed by atoms with Crippen molar-refractivity contribution in [3.63, 3.8) is 0 Å². The Labute approximate surface area is 218 Å². The number of anilines is 2. The molecule has 0 saturated heterocycles. The minimum absolute atomic E-state index is 0.0221. The number of aliphatic hydroxyl groups is 1. The van der Waals surface area contributed by atoms with Crippen molar-refractivity contribution in [3.05, 3.63) is 65.1 Å². The molecular weight excluding hydrogens is 466 g/mol. The number of benzene rings is 1. The van der Waals surface area contributed by atoms with Crippen LogP contribution >= 0.6 is 0 Å². The summed E-state index contributed by atoms with van der Waals surface area (Å²) in [7, 11) is 4.28. The second-order valence-electron chi connectivity index (χ2n) is 10.5. The van der Waals surface area contributed by atoms with Crippen molar-refractivity contribution in [1.82, 2.24) is 25.2 Å². The minimum atomic E-state index is -0.482. The highest BCUT2D eigenvalue weighted by atomic mass is 16.3. The molecule has 1 atom stereocenters. The number of nitrogens with zero attached hydrogens (tertiary/aromatic N) is 4. The van der Waals surface area contributed by atoms with Crippen LogP contribution < -0.4 is 16.0 Å². The Morgan fingerprint density at radius 3 is 2.73 bits per heavy atom.